The molecule has 304 valence electrons. The lowest BCUT2D eigenvalue weighted by atomic mass is 9.97. The molecule has 3 nitrogen and oxygen atoms in total. The highest BCUT2D eigenvalue weighted by atomic mass is 15.1. The van der Waals surface area contributed by atoms with Crippen molar-refractivity contribution in [1.82, 2.24) is 9.13 Å². The van der Waals surface area contributed by atoms with Crippen LogP contribution in [0, 0.1) is 0 Å². The predicted molar refractivity (Wildman–Crippen MR) is 276 cm³/mol. The summed E-state index contributed by atoms with van der Waals surface area (Å²) in [5.74, 6) is 0. The molecule has 0 aliphatic rings. The van der Waals surface area contributed by atoms with Gasteiger partial charge in [-0.15, -0.1) is 0 Å². The Morgan fingerprint density at radius 2 is 0.769 bits per heavy atom. The smallest absolute Gasteiger partial charge is 0.0542 e. The third-order valence-electron chi connectivity index (χ3n) is 13.3. The summed E-state index contributed by atoms with van der Waals surface area (Å²) in [6, 6.07) is 90.7. The van der Waals surface area contributed by atoms with Crippen molar-refractivity contribution < 1.29 is 0 Å². The number of hydrogen-bond acceptors (Lipinski definition) is 1. The predicted octanol–water partition coefficient (Wildman–Crippen LogP) is 17.0. The molecule has 0 spiro atoms. The van der Waals surface area contributed by atoms with Crippen molar-refractivity contribution >= 4 is 82.2 Å². The molecular weight excluding hydrogens is 787 g/mol. The highest BCUT2D eigenvalue weighted by Crippen LogP contribution is 2.44. The Labute approximate surface area is 376 Å². The van der Waals surface area contributed by atoms with E-state index in [1.54, 1.807) is 0 Å². The van der Waals surface area contributed by atoms with Crippen LogP contribution in [-0.4, -0.2) is 9.13 Å². The number of fused-ring (bicyclic) bond motifs is 8. The molecule has 0 fully saturated rings. The number of benzene rings is 11. The normalized spacial score (nSPS) is 11.7. The van der Waals surface area contributed by atoms with Crippen molar-refractivity contribution in [2.45, 2.75) is 0 Å². The summed E-state index contributed by atoms with van der Waals surface area (Å²) in [5.41, 5.74) is 15.2. The molecule has 3 heteroatoms. The molecule has 0 saturated carbocycles. The molecule has 0 N–H and O–H groups in total. The minimum atomic E-state index is 1.09. The first-order valence-electron chi connectivity index (χ1n) is 22.3. The highest BCUT2D eigenvalue weighted by Gasteiger charge is 2.21. The van der Waals surface area contributed by atoms with Crippen molar-refractivity contribution in [3.63, 3.8) is 0 Å². The van der Waals surface area contributed by atoms with E-state index < -0.39 is 0 Å². The standard InChI is InChI=1S/C62H41N3/c1-2-17-46(18-3-1)64-57-26-11-10-24-55(57)56-41-45(33-38-62(56)64)42-29-34-47(35-30-42)63(48-36-31-44(32-37-48)50-25-14-16-43-15-4-5-19-49(43)50)60-39-40-61(54-21-7-6-20-53(54)60)65-58-27-12-8-22-51(58)52-23-9-13-28-59(52)65/h1-41H. The summed E-state index contributed by atoms with van der Waals surface area (Å²) < 4.78 is 4.81. The Hall–Kier alpha value is -8.66. The number of anilines is 3. The highest BCUT2D eigenvalue weighted by molar-refractivity contribution is 6.13. The number of aromatic nitrogens is 2. The van der Waals surface area contributed by atoms with Gasteiger partial charge >= 0.3 is 0 Å². The van der Waals surface area contributed by atoms with Crippen LogP contribution in [0.25, 0.3) is 98.8 Å². The van der Waals surface area contributed by atoms with E-state index >= 15 is 0 Å². The number of nitrogens with zero attached hydrogens (tertiary/aromatic N) is 3. The number of rotatable bonds is 7. The van der Waals surface area contributed by atoms with Crippen LogP contribution >= 0.6 is 0 Å². The Morgan fingerprint density at radius 1 is 0.277 bits per heavy atom. The van der Waals surface area contributed by atoms with Gasteiger partial charge in [-0.3, -0.25) is 0 Å². The maximum atomic E-state index is 2.43. The molecule has 0 atom stereocenters. The second-order valence-electron chi connectivity index (χ2n) is 16.9. The molecule has 13 rings (SSSR count). The molecule has 0 amide bonds. The monoisotopic (exact) mass is 827 g/mol. The maximum absolute atomic E-state index is 2.43. The van der Waals surface area contributed by atoms with Crippen molar-refractivity contribution in [3.05, 3.63) is 249 Å². The van der Waals surface area contributed by atoms with E-state index in [1.807, 2.05) is 0 Å². The zero-order valence-corrected chi connectivity index (χ0v) is 35.5. The SMILES string of the molecule is c1ccc(-n2c3ccccc3c3cc(-c4ccc(N(c5ccc(-c6cccc7ccccc67)cc5)c5ccc(-n6c7ccccc7c7ccccc76)c6ccccc56)cc4)ccc32)cc1. The van der Waals surface area contributed by atoms with E-state index in [-0.39, 0.29) is 0 Å². The lowest BCUT2D eigenvalue weighted by Crippen LogP contribution is -2.11. The van der Waals surface area contributed by atoms with Gasteiger partial charge in [0.05, 0.1) is 33.4 Å². The quantitative estimate of drug-likeness (QED) is 0.156. The Bertz CT molecular complexity index is 3870. The summed E-state index contributed by atoms with van der Waals surface area (Å²) >= 11 is 0. The van der Waals surface area contributed by atoms with Crippen LogP contribution in [0.1, 0.15) is 0 Å². The Morgan fingerprint density at radius 3 is 1.45 bits per heavy atom. The zero-order chi connectivity index (χ0) is 42.8. The summed E-state index contributed by atoms with van der Waals surface area (Å²) in [6.45, 7) is 0. The van der Waals surface area contributed by atoms with Gasteiger partial charge in [0.2, 0.25) is 0 Å². The van der Waals surface area contributed by atoms with Crippen LogP contribution in [-0.2, 0) is 0 Å². The fraction of sp³-hybridized carbons (Fsp3) is 0. The lowest BCUT2D eigenvalue weighted by molar-refractivity contribution is 1.18. The van der Waals surface area contributed by atoms with E-state index in [0.717, 1.165) is 28.4 Å². The summed E-state index contributed by atoms with van der Waals surface area (Å²) in [7, 11) is 0. The molecule has 0 bridgehead atoms. The first-order chi connectivity index (χ1) is 32.3. The second-order valence-corrected chi connectivity index (χ2v) is 16.9. The first kappa shape index (κ1) is 36.9. The molecule has 0 aliphatic carbocycles. The molecule has 0 aliphatic heterocycles. The Balaban J connectivity index is 0.964. The molecular formula is C62H41N3. The van der Waals surface area contributed by atoms with Gasteiger partial charge in [0.1, 0.15) is 0 Å². The van der Waals surface area contributed by atoms with Gasteiger partial charge in [0.15, 0.2) is 0 Å². The van der Waals surface area contributed by atoms with E-state index in [1.165, 1.54) is 87.4 Å². The topological polar surface area (TPSA) is 13.1 Å². The van der Waals surface area contributed by atoms with Gasteiger partial charge in [-0.2, -0.15) is 0 Å². The maximum Gasteiger partial charge on any atom is 0.0542 e. The lowest BCUT2D eigenvalue weighted by Gasteiger charge is -2.28. The number of para-hydroxylation sites is 4. The largest absolute Gasteiger partial charge is 0.310 e. The van der Waals surface area contributed by atoms with Gasteiger partial charge in [-0.25, -0.2) is 0 Å². The van der Waals surface area contributed by atoms with Crippen molar-refractivity contribution in [1.29, 1.82) is 0 Å². The van der Waals surface area contributed by atoms with Crippen LogP contribution in [0.4, 0.5) is 17.1 Å². The van der Waals surface area contributed by atoms with Crippen molar-refractivity contribution in [3.8, 4) is 33.6 Å². The van der Waals surface area contributed by atoms with E-state index in [4.69, 9.17) is 0 Å². The van der Waals surface area contributed by atoms with Gasteiger partial charge in [-0.1, -0.05) is 170 Å². The number of hydrogen-bond donors (Lipinski definition) is 0. The van der Waals surface area contributed by atoms with E-state index in [9.17, 15) is 0 Å². The average molecular weight is 828 g/mol. The fourth-order valence-corrected chi connectivity index (χ4v) is 10.3. The molecule has 0 saturated heterocycles. The van der Waals surface area contributed by atoms with E-state index in [0.29, 0.717) is 0 Å². The summed E-state index contributed by atoms with van der Waals surface area (Å²) in [4.78, 5) is 2.42. The van der Waals surface area contributed by atoms with Crippen LogP contribution in [0.3, 0.4) is 0 Å². The zero-order valence-electron chi connectivity index (χ0n) is 35.5. The van der Waals surface area contributed by atoms with Gasteiger partial charge in [0.25, 0.3) is 0 Å². The molecule has 11 aromatic carbocycles. The molecule has 0 unspecified atom stereocenters. The summed E-state index contributed by atoms with van der Waals surface area (Å²) in [5, 5.41) is 9.86. The second kappa shape index (κ2) is 15.0. The molecule has 0 radical (unpaired) electrons. The summed E-state index contributed by atoms with van der Waals surface area (Å²) in [6.07, 6.45) is 0. The van der Waals surface area contributed by atoms with Gasteiger partial charge in [-0.05, 0) is 112 Å². The third-order valence-corrected chi connectivity index (χ3v) is 13.3. The molecule has 65 heavy (non-hydrogen) atoms. The average Bonchev–Trinajstić information content (AvgIpc) is 3.90. The van der Waals surface area contributed by atoms with Crippen LogP contribution in [0.2, 0.25) is 0 Å². The molecule has 2 heterocycles. The minimum absolute atomic E-state index is 1.09. The van der Waals surface area contributed by atoms with Crippen LogP contribution < -0.4 is 4.90 Å². The fourth-order valence-electron chi connectivity index (χ4n) is 10.3. The Kier molecular flexibility index (Phi) is 8.53. The van der Waals surface area contributed by atoms with E-state index in [2.05, 4.69) is 263 Å². The van der Waals surface area contributed by atoms with Gasteiger partial charge in [0, 0.05) is 49.4 Å². The van der Waals surface area contributed by atoms with Crippen LogP contribution in [0.5, 0.6) is 0 Å². The van der Waals surface area contributed by atoms with Crippen molar-refractivity contribution in [2.24, 2.45) is 0 Å². The van der Waals surface area contributed by atoms with Crippen molar-refractivity contribution in [2.75, 3.05) is 4.90 Å². The minimum Gasteiger partial charge on any atom is -0.310 e. The molecule has 13 aromatic rings. The van der Waals surface area contributed by atoms with Crippen LogP contribution in [0.15, 0.2) is 249 Å². The third kappa shape index (κ3) is 5.97. The van der Waals surface area contributed by atoms with Gasteiger partial charge < -0.3 is 14.0 Å². The molecule has 2 aromatic heterocycles. The first-order valence-corrected chi connectivity index (χ1v) is 22.3.